The van der Waals surface area contributed by atoms with Crippen LogP contribution in [0.25, 0.3) is 10.8 Å². The maximum atomic E-state index is 12.6. The Labute approximate surface area is 144 Å². The lowest BCUT2D eigenvalue weighted by Gasteiger charge is -2.09. The summed E-state index contributed by atoms with van der Waals surface area (Å²) >= 11 is 1.40. The number of nitrogens with zero attached hydrogens (tertiary/aromatic N) is 2. The molecule has 0 saturated heterocycles. The van der Waals surface area contributed by atoms with Gasteiger partial charge in [-0.15, -0.1) is 21.5 Å². The Morgan fingerprint density at radius 2 is 1.79 bits per heavy atom. The molecular weight excluding hydrogens is 346 g/mol. The molecule has 0 radical (unpaired) electrons. The molecule has 0 unspecified atom stereocenters. The van der Waals surface area contributed by atoms with Gasteiger partial charge in [-0.1, -0.05) is 6.07 Å². The van der Waals surface area contributed by atoms with Crippen LogP contribution in [0.15, 0.2) is 33.6 Å². The molecule has 24 heavy (non-hydrogen) atoms. The molecule has 0 aliphatic heterocycles. The number of rotatable bonds is 4. The van der Waals surface area contributed by atoms with Gasteiger partial charge < -0.3 is 4.42 Å². The largest absolute Gasteiger partial charge is 0.420 e. The molecule has 3 aromatic rings. The van der Waals surface area contributed by atoms with Crippen LogP contribution in [0.4, 0.5) is 5.69 Å². The van der Waals surface area contributed by atoms with Gasteiger partial charge >= 0.3 is 0 Å². The molecule has 0 saturated carbocycles. The topological polar surface area (TPSA) is 85.1 Å². The average Bonchev–Trinajstić information content (AvgIpc) is 3.08. The molecule has 0 amide bonds. The van der Waals surface area contributed by atoms with Crippen LogP contribution < -0.4 is 4.72 Å². The van der Waals surface area contributed by atoms with Gasteiger partial charge in [-0.25, -0.2) is 8.42 Å². The molecule has 0 atom stereocenters. The molecule has 2 aromatic heterocycles. The third-order valence-corrected chi connectivity index (χ3v) is 6.09. The fraction of sp³-hybridized carbons (Fsp3) is 0.250. The van der Waals surface area contributed by atoms with E-state index in [1.54, 1.807) is 31.2 Å². The summed E-state index contributed by atoms with van der Waals surface area (Å²) in [5.41, 5.74) is 2.50. The monoisotopic (exact) mass is 363 g/mol. The van der Waals surface area contributed by atoms with Gasteiger partial charge in [0.05, 0.1) is 15.5 Å². The quantitative estimate of drug-likeness (QED) is 0.761. The first-order valence-corrected chi connectivity index (χ1v) is 9.57. The Bertz CT molecular complexity index is 1000. The minimum atomic E-state index is -3.65. The lowest BCUT2D eigenvalue weighted by Crippen LogP contribution is -2.13. The molecule has 6 nitrogen and oxygen atoms in total. The van der Waals surface area contributed by atoms with Crippen molar-refractivity contribution in [1.82, 2.24) is 10.2 Å². The maximum Gasteiger partial charge on any atom is 0.261 e. The smallest absolute Gasteiger partial charge is 0.261 e. The van der Waals surface area contributed by atoms with Crippen molar-refractivity contribution in [3.05, 3.63) is 46.2 Å². The summed E-state index contributed by atoms with van der Waals surface area (Å²) < 4.78 is 33.3. The van der Waals surface area contributed by atoms with Crippen molar-refractivity contribution >= 4 is 27.0 Å². The number of benzene rings is 1. The Kier molecular flexibility index (Phi) is 4.18. The first-order valence-electron chi connectivity index (χ1n) is 7.27. The minimum absolute atomic E-state index is 0.242. The standard InChI is InChI=1S/C16H17N3O3S2/c1-9-5-6-13(7-10(9)2)24(20,21)19-14-8-15(23-11(14)3)16-18-17-12(4)22-16/h5-8,19H,1-4H3. The summed E-state index contributed by atoms with van der Waals surface area (Å²) in [6, 6.07) is 6.79. The number of sulfonamides is 1. The lowest BCUT2D eigenvalue weighted by molar-refractivity contribution is 0.534. The van der Waals surface area contributed by atoms with Gasteiger partial charge in [0.2, 0.25) is 5.89 Å². The molecule has 0 spiro atoms. The number of aromatic nitrogens is 2. The Morgan fingerprint density at radius 3 is 2.42 bits per heavy atom. The van der Waals surface area contributed by atoms with E-state index in [0.29, 0.717) is 17.5 Å². The molecular formula is C16H17N3O3S2. The van der Waals surface area contributed by atoms with Crippen molar-refractivity contribution in [1.29, 1.82) is 0 Å². The molecule has 0 fully saturated rings. The van der Waals surface area contributed by atoms with Gasteiger partial charge in [-0.05, 0) is 50.1 Å². The fourth-order valence-corrected chi connectivity index (χ4v) is 4.33. The summed E-state index contributed by atoms with van der Waals surface area (Å²) in [4.78, 5) is 1.80. The van der Waals surface area contributed by atoms with E-state index in [9.17, 15) is 8.42 Å². The molecule has 126 valence electrons. The van der Waals surface area contributed by atoms with E-state index in [4.69, 9.17) is 4.42 Å². The number of aryl methyl sites for hydroxylation is 4. The zero-order chi connectivity index (χ0) is 17.5. The van der Waals surface area contributed by atoms with Crippen LogP contribution >= 0.6 is 11.3 Å². The van der Waals surface area contributed by atoms with Gasteiger partial charge in [0.1, 0.15) is 0 Å². The Balaban J connectivity index is 1.92. The van der Waals surface area contributed by atoms with Crippen molar-refractivity contribution in [2.24, 2.45) is 0 Å². The van der Waals surface area contributed by atoms with Crippen LogP contribution in [0.5, 0.6) is 0 Å². The molecule has 1 N–H and O–H groups in total. The van der Waals surface area contributed by atoms with E-state index in [0.717, 1.165) is 20.9 Å². The SMILES string of the molecule is Cc1nnc(-c2cc(NS(=O)(=O)c3ccc(C)c(C)c3)c(C)s2)o1. The van der Waals surface area contributed by atoms with Crippen molar-refractivity contribution < 1.29 is 12.8 Å². The van der Waals surface area contributed by atoms with E-state index in [2.05, 4.69) is 14.9 Å². The predicted molar refractivity (Wildman–Crippen MR) is 93.8 cm³/mol. The molecule has 1 aromatic carbocycles. The lowest BCUT2D eigenvalue weighted by atomic mass is 10.1. The van der Waals surface area contributed by atoms with Crippen molar-refractivity contribution in [3.63, 3.8) is 0 Å². The highest BCUT2D eigenvalue weighted by atomic mass is 32.2. The highest BCUT2D eigenvalue weighted by Gasteiger charge is 2.19. The second-order valence-corrected chi connectivity index (χ2v) is 8.50. The zero-order valence-electron chi connectivity index (χ0n) is 13.7. The zero-order valence-corrected chi connectivity index (χ0v) is 15.4. The molecule has 8 heteroatoms. The Hall–Kier alpha value is -2.19. The van der Waals surface area contributed by atoms with E-state index in [-0.39, 0.29) is 4.90 Å². The first-order chi connectivity index (χ1) is 11.3. The highest BCUT2D eigenvalue weighted by Crippen LogP contribution is 2.34. The molecule has 3 rings (SSSR count). The second kappa shape index (κ2) is 6.03. The average molecular weight is 363 g/mol. The summed E-state index contributed by atoms with van der Waals surface area (Å²) in [6.07, 6.45) is 0. The second-order valence-electron chi connectivity index (χ2n) is 5.56. The van der Waals surface area contributed by atoms with Crippen molar-refractivity contribution in [2.75, 3.05) is 4.72 Å². The molecule has 0 aliphatic carbocycles. The summed E-state index contributed by atoms with van der Waals surface area (Å²) in [5, 5.41) is 7.76. The van der Waals surface area contributed by atoms with E-state index in [1.165, 1.54) is 11.3 Å². The van der Waals surface area contributed by atoms with Crippen LogP contribution in [0.2, 0.25) is 0 Å². The molecule has 0 aliphatic rings. The van der Waals surface area contributed by atoms with Crippen molar-refractivity contribution in [3.8, 4) is 10.8 Å². The Morgan fingerprint density at radius 1 is 1.04 bits per heavy atom. The highest BCUT2D eigenvalue weighted by molar-refractivity contribution is 7.92. The first kappa shape index (κ1) is 16.7. The van der Waals surface area contributed by atoms with Crippen LogP contribution in [0, 0.1) is 27.7 Å². The van der Waals surface area contributed by atoms with Gasteiger partial charge in [0.15, 0.2) is 0 Å². The predicted octanol–water partition coefficient (Wildman–Crippen LogP) is 3.83. The van der Waals surface area contributed by atoms with Gasteiger partial charge in [0.25, 0.3) is 15.9 Å². The third-order valence-electron chi connectivity index (χ3n) is 3.69. The van der Waals surface area contributed by atoms with Gasteiger partial charge in [0, 0.05) is 11.8 Å². The number of thiophene rings is 1. The summed E-state index contributed by atoms with van der Waals surface area (Å²) in [6.45, 7) is 7.39. The van der Waals surface area contributed by atoms with Gasteiger partial charge in [-0.2, -0.15) is 0 Å². The maximum absolute atomic E-state index is 12.6. The van der Waals surface area contributed by atoms with E-state index < -0.39 is 10.0 Å². The van der Waals surface area contributed by atoms with Crippen molar-refractivity contribution in [2.45, 2.75) is 32.6 Å². The number of hydrogen-bond acceptors (Lipinski definition) is 6. The molecule has 0 bridgehead atoms. The van der Waals surface area contributed by atoms with Crippen LogP contribution in [0.3, 0.4) is 0 Å². The minimum Gasteiger partial charge on any atom is -0.420 e. The normalized spacial score (nSPS) is 11.7. The van der Waals surface area contributed by atoms with Gasteiger partial charge in [-0.3, -0.25) is 4.72 Å². The third kappa shape index (κ3) is 3.20. The van der Waals surface area contributed by atoms with Crippen LogP contribution in [-0.2, 0) is 10.0 Å². The van der Waals surface area contributed by atoms with E-state index >= 15 is 0 Å². The molecule has 2 heterocycles. The number of hydrogen-bond donors (Lipinski definition) is 1. The van der Waals surface area contributed by atoms with E-state index in [1.807, 2.05) is 20.8 Å². The fourth-order valence-electron chi connectivity index (χ4n) is 2.17. The summed E-state index contributed by atoms with van der Waals surface area (Å²) in [7, 11) is -3.65. The van der Waals surface area contributed by atoms with Crippen LogP contribution in [-0.4, -0.2) is 18.6 Å². The number of anilines is 1. The number of nitrogens with one attached hydrogen (secondary N) is 1. The van der Waals surface area contributed by atoms with Crippen LogP contribution in [0.1, 0.15) is 21.9 Å². The summed E-state index contributed by atoms with van der Waals surface area (Å²) in [5.74, 6) is 0.852.